The summed E-state index contributed by atoms with van der Waals surface area (Å²) in [6.07, 6.45) is 8.74. The third-order valence-corrected chi connectivity index (χ3v) is 3.17. The lowest BCUT2D eigenvalue weighted by Gasteiger charge is -2.22. The smallest absolute Gasteiger partial charge is 0.0292 e. The standard InChI is InChI=1S/C12H22/c1-10(2)11(3)9-12-7-5-4-6-8-12/h12H,4-9H2,1-3H3. The predicted molar refractivity (Wildman–Crippen MR) is 55.2 cm³/mol. The lowest BCUT2D eigenvalue weighted by molar-refractivity contribution is 0.355. The van der Waals surface area contributed by atoms with Gasteiger partial charge in [-0.3, -0.25) is 0 Å². The summed E-state index contributed by atoms with van der Waals surface area (Å²) in [5.41, 5.74) is 3.16. The van der Waals surface area contributed by atoms with Gasteiger partial charge in [0.1, 0.15) is 0 Å². The van der Waals surface area contributed by atoms with Gasteiger partial charge < -0.3 is 0 Å². The first kappa shape index (κ1) is 9.83. The summed E-state index contributed by atoms with van der Waals surface area (Å²) >= 11 is 0. The molecule has 1 rings (SSSR count). The Morgan fingerprint density at radius 2 is 1.58 bits per heavy atom. The topological polar surface area (TPSA) is 0 Å². The molecule has 1 aliphatic rings. The van der Waals surface area contributed by atoms with Crippen LogP contribution in [0.3, 0.4) is 0 Å². The van der Waals surface area contributed by atoms with Gasteiger partial charge in [0.05, 0.1) is 0 Å². The quantitative estimate of drug-likeness (QED) is 0.536. The molecular weight excluding hydrogens is 144 g/mol. The fourth-order valence-corrected chi connectivity index (χ4v) is 2.03. The molecule has 0 heterocycles. The van der Waals surface area contributed by atoms with Crippen LogP contribution in [0.5, 0.6) is 0 Å². The second-order valence-corrected chi connectivity index (χ2v) is 4.49. The first-order chi connectivity index (χ1) is 5.70. The van der Waals surface area contributed by atoms with Gasteiger partial charge in [0, 0.05) is 0 Å². The summed E-state index contributed by atoms with van der Waals surface area (Å²) in [4.78, 5) is 0. The number of hydrogen-bond acceptors (Lipinski definition) is 0. The molecule has 0 nitrogen and oxygen atoms in total. The Hall–Kier alpha value is -0.260. The molecule has 0 heteroatoms. The van der Waals surface area contributed by atoms with Crippen LogP contribution >= 0.6 is 0 Å². The van der Waals surface area contributed by atoms with Crippen LogP contribution < -0.4 is 0 Å². The second-order valence-electron chi connectivity index (χ2n) is 4.49. The van der Waals surface area contributed by atoms with E-state index in [4.69, 9.17) is 0 Å². The molecule has 0 saturated heterocycles. The van der Waals surface area contributed by atoms with Gasteiger partial charge in [0.25, 0.3) is 0 Å². The SMILES string of the molecule is CC(C)=C(C)CC1CCCCC1. The minimum atomic E-state index is 1.01. The van der Waals surface area contributed by atoms with Crippen molar-refractivity contribution in [3.05, 3.63) is 11.1 Å². The summed E-state index contributed by atoms with van der Waals surface area (Å²) in [7, 11) is 0. The monoisotopic (exact) mass is 166 g/mol. The van der Waals surface area contributed by atoms with Crippen molar-refractivity contribution in [2.75, 3.05) is 0 Å². The van der Waals surface area contributed by atoms with Gasteiger partial charge in [0.2, 0.25) is 0 Å². The fourth-order valence-electron chi connectivity index (χ4n) is 2.03. The third kappa shape index (κ3) is 3.00. The summed E-state index contributed by atoms with van der Waals surface area (Å²) in [6.45, 7) is 6.76. The van der Waals surface area contributed by atoms with Gasteiger partial charge in [-0.1, -0.05) is 43.3 Å². The van der Waals surface area contributed by atoms with Crippen LogP contribution in [0.2, 0.25) is 0 Å². The van der Waals surface area contributed by atoms with E-state index in [1.54, 1.807) is 5.57 Å². The Morgan fingerprint density at radius 1 is 1.00 bits per heavy atom. The van der Waals surface area contributed by atoms with Gasteiger partial charge >= 0.3 is 0 Å². The average molecular weight is 166 g/mol. The maximum absolute atomic E-state index is 2.30. The van der Waals surface area contributed by atoms with E-state index in [1.165, 1.54) is 44.1 Å². The minimum absolute atomic E-state index is 1.01. The first-order valence-corrected chi connectivity index (χ1v) is 5.33. The van der Waals surface area contributed by atoms with Crippen molar-refractivity contribution in [2.45, 2.75) is 59.3 Å². The third-order valence-electron chi connectivity index (χ3n) is 3.17. The van der Waals surface area contributed by atoms with Crippen LogP contribution in [0.1, 0.15) is 59.3 Å². The zero-order chi connectivity index (χ0) is 8.97. The van der Waals surface area contributed by atoms with Crippen LogP contribution in [-0.4, -0.2) is 0 Å². The molecule has 1 saturated carbocycles. The molecule has 0 aromatic rings. The van der Waals surface area contributed by atoms with Crippen LogP contribution in [0.15, 0.2) is 11.1 Å². The van der Waals surface area contributed by atoms with E-state index in [-0.39, 0.29) is 0 Å². The summed E-state index contributed by atoms with van der Waals surface area (Å²) in [6, 6.07) is 0. The highest BCUT2D eigenvalue weighted by atomic mass is 14.2. The van der Waals surface area contributed by atoms with E-state index < -0.39 is 0 Å². The van der Waals surface area contributed by atoms with Crippen molar-refractivity contribution < 1.29 is 0 Å². The minimum Gasteiger partial charge on any atom is -0.0775 e. The lowest BCUT2D eigenvalue weighted by atomic mass is 9.84. The fraction of sp³-hybridized carbons (Fsp3) is 0.833. The zero-order valence-corrected chi connectivity index (χ0v) is 8.82. The largest absolute Gasteiger partial charge is 0.0775 e. The molecule has 0 aromatic heterocycles. The molecule has 0 amide bonds. The molecule has 1 fully saturated rings. The van der Waals surface area contributed by atoms with Crippen molar-refractivity contribution >= 4 is 0 Å². The summed E-state index contributed by atoms with van der Waals surface area (Å²) < 4.78 is 0. The van der Waals surface area contributed by atoms with Gasteiger partial charge in [-0.05, 0) is 33.1 Å². The lowest BCUT2D eigenvalue weighted by Crippen LogP contribution is -2.06. The molecule has 0 unspecified atom stereocenters. The highest BCUT2D eigenvalue weighted by molar-refractivity contribution is 5.07. The Kier molecular flexibility index (Phi) is 3.84. The highest BCUT2D eigenvalue weighted by Gasteiger charge is 2.13. The molecular formula is C12H22. The zero-order valence-electron chi connectivity index (χ0n) is 8.82. The van der Waals surface area contributed by atoms with Crippen molar-refractivity contribution in [2.24, 2.45) is 5.92 Å². The Balaban J connectivity index is 2.34. The van der Waals surface area contributed by atoms with Crippen molar-refractivity contribution in [3.8, 4) is 0 Å². The van der Waals surface area contributed by atoms with Gasteiger partial charge in [-0.25, -0.2) is 0 Å². The van der Waals surface area contributed by atoms with Gasteiger partial charge in [-0.15, -0.1) is 0 Å². The summed E-state index contributed by atoms with van der Waals surface area (Å²) in [5, 5.41) is 0. The van der Waals surface area contributed by atoms with E-state index >= 15 is 0 Å². The van der Waals surface area contributed by atoms with Crippen molar-refractivity contribution in [1.29, 1.82) is 0 Å². The summed E-state index contributed by atoms with van der Waals surface area (Å²) in [5.74, 6) is 1.01. The van der Waals surface area contributed by atoms with E-state index in [0.717, 1.165) is 5.92 Å². The molecule has 70 valence electrons. The number of hydrogen-bond donors (Lipinski definition) is 0. The van der Waals surface area contributed by atoms with Crippen molar-refractivity contribution in [1.82, 2.24) is 0 Å². The molecule has 0 bridgehead atoms. The maximum Gasteiger partial charge on any atom is -0.0292 e. The van der Waals surface area contributed by atoms with Crippen LogP contribution in [0, 0.1) is 5.92 Å². The van der Waals surface area contributed by atoms with Gasteiger partial charge in [0.15, 0.2) is 0 Å². The molecule has 0 aromatic carbocycles. The van der Waals surface area contributed by atoms with Gasteiger partial charge in [-0.2, -0.15) is 0 Å². The molecule has 0 atom stereocenters. The number of rotatable bonds is 2. The molecule has 0 radical (unpaired) electrons. The predicted octanol–water partition coefficient (Wildman–Crippen LogP) is 4.31. The van der Waals surface area contributed by atoms with E-state index in [0.29, 0.717) is 0 Å². The Morgan fingerprint density at radius 3 is 2.08 bits per heavy atom. The molecule has 0 aliphatic heterocycles. The van der Waals surface area contributed by atoms with Crippen LogP contribution in [0.4, 0.5) is 0 Å². The Labute approximate surface area is 77.1 Å². The second kappa shape index (κ2) is 4.69. The Bertz CT molecular complexity index is 155. The van der Waals surface area contributed by atoms with E-state index in [2.05, 4.69) is 20.8 Å². The molecule has 12 heavy (non-hydrogen) atoms. The highest BCUT2D eigenvalue weighted by Crippen LogP contribution is 2.29. The van der Waals surface area contributed by atoms with Crippen LogP contribution in [-0.2, 0) is 0 Å². The van der Waals surface area contributed by atoms with E-state index in [9.17, 15) is 0 Å². The molecule has 0 N–H and O–H groups in total. The van der Waals surface area contributed by atoms with Crippen LogP contribution in [0.25, 0.3) is 0 Å². The van der Waals surface area contributed by atoms with E-state index in [1.807, 2.05) is 0 Å². The maximum atomic E-state index is 2.30. The molecule has 1 aliphatic carbocycles. The average Bonchev–Trinajstić information content (AvgIpc) is 2.06. The normalized spacial score (nSPS) is 19.2. The number of allylic oxidation sites excluding steroid dienone is 2. The van der Waals surface area contributed by atoms with Crippen molar-refractivity contribution in [3.63, 3.8) is 0 Å². The first-order valence-electron chi connectivity index (χ1n) is 5.33. The molecule has 0 spiro atoms.